The number of hydrogen-bond donors (Lipinski definition) is 1. The quantitative estimate of drug-likeness (QED) is 0.768. The van der Waals surface area contributed by atoms with Gasteiger partial charge in [-0.2, -0.15) is 5.10 Å². The molecule has 0 aliphatic carbocycles. The number of aryl methyl sites for hydroxylation is 1. The predicted octanol–water partition coefficient (Wildman–Crippen LogP) is 1.37. The summed E-state index contributed by atoms with van der Waals surface area (Å²) < 4.78 is 3.25. The van der Waals surface area contributed by atoms with Gasteiger partial charge in [0.1, 0.15) is 12.2 Å². The van der Waals surface area contributed by atoms with Crippen LogP contribution in [0.1, 0.15) is 36.2 Å². The summed E-state index contributed by atoms with van der Waals surface area (Å²) in [5, 5.41) is 14.8. The van der Waals surface area contributed by atoms with E-state index in [-0.39, 0.29) is 11.9 Å². The third-order valence-corrected chi connectivity index (χ3v) is 3.46. The van der Waals surface area contributed by atoms with Gasteiger partial charge in [0.2, 0.25) is 0 Å². The second-order valence-electron chi connectivity index (χ2n) is 5.00. The highest BCUT2D eigenvalue weighted by Crippen LogP contribution is 2.12. The second kappa shape index (κ2) is 6.39. The molecular weight excluding hydrogens is 294 g/mol. The Morgan fingerprint density at radius 1 is 1.30 bits per heavy atom. The average Bonchev–Trinajstić information content (AvgIpc) is 3.24. The second-order valence-corrected chi connectivity index (χ2v) is 5.00. The van der Waals surface area contributed by atoms with Gasteiger partial charge >= 0.3 is 0 Å². The van der Waals surface area contributed by atoms with Crippen LogP contribution in [0.2, 0.25) is 0 Å². The van der Waals surface area contributed by atoms with Crippen LogP contribution in [0, 0.1) is 0 Å². The number of nitrogens with one attached hydrogen (secondary N) is 1. The van der Waals surface area contributed by atoms with Crippen molar-refractivity contribution in [3.8, 4) is 5.69 Å². The van der Waals surface area contributed by atoms with Crippen LogP contribution in [0.25, 0.3) is 5.69 Å². The van der Waals surface area contributed by atoms with Gasteiger partial charge in [-0.15, -0.1) is 5.10 Å². The maximum atomic E-state index is 12.5. The monoisotopic (exact) mass is 311 g/mol. The number of amides is 1. The van der Waals surface area contributed by atoms with Crippen molar-refractivity contribution in [2.45, 2.75) is 26.4 Å². The van der Waals surface area contributed by atoms with E-state index in [0.29, 0.717) is 18.1 Å². The Hall–Kier alpha value is -3.03. The van der Waals surface area contributed by atoms with Crippen LogP contribution in [-0.4, -0.2) is 35.7 Å². The largest absolute Gasteiger partial charge is 0.341 e. The van der Waals surface area contributed by atoms with Crippen LogP contribution in [0.15, 0.2) is 42.9 Å². The molecule has 0 fully saturated rings. The molecule has 8 heteroatoms. The summed E-state index contributed by atoms with van der Waals surface area (Å²) in [7, 11) is 0. The molecule has 23 heavy (non-hydrogen) atoms. The number of nitrogens with zero attached hydrogens (tertiary/aromatic N) is 6. The molecule has 1 N–H and O–H groups in total. The molecule has 0 aliphatic rings. The summed E-state index contributed by atoms with van der Waals surface area (Å²) in [5.74, 6) is 0.441. The number of aromatic nitrogens is 6. The van der Waals surface area contributed by atoms with Crippen molar-refractivity contribution in [3.63, 3.8) is 0 Å². The normalized spacial score (nSPS) is 12.1. The summed E-state index contributed by atoms with van der Waals surface area (Å²) >= 11 is 0. The van der Waals surface area contributed by atoms with Crippen LogP contribution >= 0.6 is 0 Å². The van der Waals surface area contributed by atoms with Crippen molar-refractivity contribution in [2.75, 3.05) is 0 Å². The molecular formula is C15H17N7O. The zero-order valence-corrected chi connectivity index (χ0v) is 12.9. The van der Waals surface area contributed by atoms with Crippen LogP contribution in [0.4, 0.5) is 0 Å². The fourth-order valence-electron chi connectivity index (χ4n) is 2.34. The maximum absolute atomic E-state index is 12.5. The Balaban J connectivity index is 1.81. The van der Waals surface area contributed by atoms with Gasteiger partial charge < -0.3 is 5.32 Å². The summed E-state index contributed by atoms with van der Waals surface area (Å²) in [4.78, 5) is 16.7. The van der Waals surface area contributed by atoms with Gasteiger partial charge in [0.25, 0.3) is 5.91 Å². The standard InChI is InChI=1S/C15H17N7O/c1-3-21-14(16-10-18-21)11(2)19-15(23)13-9-17-20-22(13)12-7-5-4-6-8-12/h4-11H,3H2,1-2H3,(H,19,23)/t11-/m1/s1. The van der Waals surface area contributed by atoms with Crippen LogP contribution in [0.3, 0.4) is 0 Å². The molecule has 2 heterocycles. The molecule has 1 aromatic carbocycles. The molecule has 0 bridgehead atoms. The average molecular weight is 311 g/mol. The first-order valence-electron chi connectivity index (χ1n) is 7.35. The topological polar surface area (TPSA) is 90.5 Å². The number of carbonyl (C=O) groups excluding carboxylic acids is 1. The number of carbonyl (C=O) groups is 1. The Kier molecular flexibility index (Phi) is 4.13. The molecule has 8 nitrogen and oxygen atoms in total. The zero-order chi connectivity index (χ0) is 16.2. The summed E-state index contributed by atoms with van der Waals surface area (Å²) in [6.45, 7) is 4.53. The highest BCUT2D eigenvalue weighted by atomic mass is 16.2. The zero-order valence-electron chi connectivity index (χ0n) is 12.9. The summed E-state index contributed by atoms with van der Waals surface area (Å²) in [5.41, 5.74) is 1.14. The molecule has 0 unspecified atom stereocenters. The smallest absolute Gasteiger partial charge is 0.272 e. The van der Waals surface area contributed by atoms with Gasteiger partial charge in [-0.05, 0) is 26.0 Å². The summed E-state index contributed by atoms with van der Waals surface area (Å²) in [6, 6.07) is 9.12. The van der Waals surface area contributed by atoms with Gasteiger partial charge in [-0.25, -0.2) is 14.3 Å². The van der Waals surface area contributed by atoms with E-state index in [1.54, 1.807) is 4.68 Å². The van der Waals surface area contributed by atoms with Crippen molar-refractivity contribution in [3.05, 3.63) is 54.4 Å². The van der Waals surface area contributed by atoms with E-state index >= 15 is 0 Å². The number of benzene rings is 1. The van der Waals surface area contributed by atoms with Crippen LogP contribution in [-0.2, 0) is 6.54 Å². The highest BCUT2D eigenvalue weighted by Gasteiger charge is 2.19. The van der Waals surface area contributed by atoms with Crippen molar-refractivity contribution in [1.82, 2.24) is 35.1 Å². The van der Waals surface area contributed by atoms with Gasteiger partial charge in [0.15, 0.2) is 5.69 Å². The lowest BCUT2D eigenvalue weighted by molar-refractivity contribution is 0.0929. The van der Waals surface area contributed by atoms with Crippen molar-refractivity contribution in [2.24, 2.45) is 0 Å². The highest BCUT2D eigenvalue weighted by molar-refractivity contribution is 5.92. The molecule has 3 aromatic rings. The van der Waals surface area contributed by atoms with E-state index in [0.717, 1.165) is 5.69 Å². The number of hydrogen-bond acceptors (Lipinski definition) is 5. The number of rotatable bonds is 5. The first-order valence-corrected chi connectivity index (χ1v) is 7.35. The predicted molar refractivity (Wildman–Crippen MR) is 82.9 cm³/mol. The Morgan fingerprint density at radius 3 is 2.83 bits per heavy atom. The molecule has 3 rings (SSSR count). The minimum absolute atomic E-state index is 0.267. The molecule has 2 aromatic heterocycles. The summed E-state index contributed by atoms with van der Waals surface area (Å²) in [6.07, 6.45) is 2.93. The van der Waals surface area contributed by atoms with Crippen molar-refractivity contribution in [1.29, 1.82) is 0 Å². The van der Waals surface area contributed by atoms with E-state index < -0.39 is 0 Å². The minimum Gasteiger partial charge on any atom is -0.341 e. The van der Waals surface area contributed by atoms with Gasteiger partial charge in [0.05, 0.1) is 17.9 Å². The van der Waals surface area contributed by atoms with E-state index in [1.165, 1.54) is 17.2 Å². The van der Waals surface area contributed by atoms with Crippen LogP contribution in [0.5, 0.6) is 0 Å². The molecule has 0 saturated heterocycles. The van der Waals surface area contributed by atoms with Gasteiger partial charge in [0, 0.05) is 6.54 Å². The van der Waals surface area contributed by atoms with Gasteiger partial charge in [-0.3, -0.25) is 4.79 Å². The lowest BCUT2D eigenvalue weighted by atomic mass is 10.2. The molecule has 1 amide bonds. The maximum Gasteiger partial charge on any atom is 0.272 e. The lowest BCUT2D eigenvalue weighted by Crippen LogP contribution is -2.30. The third kappa shape index (κ3) is 2.96. The SMILES string of the molecule is CCn1ncnc1[C@@H](C)NC(=O)c1cnnn1-c1ccccc1. The molecule has 0 spiro atoms. The molecule has 0 saturated carbocycles. The Bertz CT molecular complexity index is 793. The molecule has 0 aliphatic heterocycles. The first-order chi connectivity index (χ1) is 11.2. The molecule has 0 radical (unpaired) electrons. The van der Waals surface area contributed by atoms with E-state index in [9.17, 15) is 4.79 Å². The Labute approximate surface area is 133 Å². The third-order valence-electron chi connectivity index (χ3n) is 3.46. The first kappa shape index (κ1) is 14.9. The minimum atomic E-state index is -0.274. The fourth-order valence-corrected chi connectivity index (χ4v) is 2.34. The van der Waals surface area contributed by atoms with Crippen LogP contribution < -0.4 is 5.32 Å². The van der Waals surface area contributed by atoms with Crippen molar-refractivity contribution < 1.29 is 4.79 Å². The van der Waals surface area contributed by atoms with Crippen molar-refractivity contribution >= 4 is 5.91 Å². The molecule has 118 valence electrons. The number of para-hydroxylation sites is 1. The lowest BCUT2D eigenvalue weighted by Gasteiger charge is -2.14. The van der Waals surface area contributed by atoms with E-state index in [2.05, 4.69) is 25.7 Å². The van der Waals surface area contributed by atoms with Gasteiger partial charge in [-0.1, -0.05) is 23.4 Å². The fraction of sp³-hybridized carbons (Fsp3) is 0.267. The van der Waals surface area contributed by atoms with E-state index in [1.807, 2.05) is 44.2 Å². The van der Waals surface area contributed by atoms with E-state index in [4.69, 9.17) is 0 Å². The Morgan fingerprint density at radius 2 is 2.09 bits per heavy atom. The molecule has 1 atom stereocenters.